The molecule has 2 fully saturated rings. The number of amides is 1. The van der Waals surface area contributed by atoms with Crippen molar-refractivity contribution < 1.29 is 13.2 Å². The zero-order valence-electron chi connectivity index (χ0n) is 13.0. The normalized spacial score (nSPS) is 21.6. The van der Waals surface area contributed by atoms with Crippen LogP contribution in [-0.4, -0.2) is 44.6 Å². The number of benzene rings is 1. The van der Waals surface area contributed by atoms with Crippen molar-refractivity contribution in [3.05, 3.63) is 29.8 Å². The largest absolute Gasteiger partial charge is 0.339 e. The van der Waals surface area contributed by atoms with Crippen LogP contribution in [0.25, 0.3) is 0 Å². The molecule has 0 aromatic heterocycles. The topological polar surface area (TPSA) is 57.7 Å². The Labute approximate surface area is 132 Å². The first-order valence-corrected chi connectivity index (χ1v) is 9.39. The van der Waals surface area contributed by atoms with Crippen molar-refractivity contribution in [2.45, 2.75) is 32.2 Å². The number of hydrogen-bond acceptors (Lipinski definition) is 3. The van der Waals surface area contributed by atoms with Gasteiger partial charge in [-0.1, -0.05) is 6.07 Å². The quantitative estimate of drug-likeness (QED) is 0.853. The molecule has 1 aromatic rings. The van der Waals surface area contributed by atoms with Crippen molar-refractivity contribution in [2.24, 2.45) is 5.92 Å². The van der Waals surface area contributed by atoms with E-state index in [1.807, 2.05) is 7.05 Å². The minimum atomic E-state index is -3.21. The third kappa shape index (κ3) is 2.84. The first-order valence-electron chi connectivity index (χ1n) is 7.78. The highest BCUT2D eigenvalue weighted by atomic mass is 32.2. The molecular weight excluding hydrogens is 300 g/mol. The fourth-order valence-corrected chi connectivity index (χ4v) is 4.56. The van der Waals surface area contributed by atoms with Gasteiger partial charge in [0.05, 0.1) is 11.4 Å². The molecule has 2 aliphatic rings. The van der Waals surface area contributed by atoms with Crippen LogP contribution in [0.5, 0.6) is 0 Å². The van der Waals surface area contributed by atoms with Crippen LogP contribution in [0, 0.1) is 5.92 Å². The van der Waals surface area contributed by atoms with Crippen molar-refractivity contribution in [3.63, 3.8) is 0 Å². The lowest BCUT2D eigenvalue weighted by molar-refractivity contribution is 0.0727. The Hall–Kier alpha value is -1.56. The van der Waals surface area contributed by atoms with E-state index in [-0.39, 0.29) is 17.7 Å². The van der Waals surface area contributed by atoms with Crippen LogP contribution in [0.15, 0.2) is 24.3 Å². The Balaban J connectivity index is 1.83. The monoisotopic (exact) mass is 322 g/mol. The Bertz CT molecular complexity index is 682. The summed E-state index contributed by atoms with van der Waals surface area (Å²) in [6, 6.07) is 7.19. The minimum Gasteiger partial charge on any atom is -0.339 e. The highest BCUT2D eigenvalue weighted by Gasteiger charge is 2.33. The lowest BCUT2D eigenvalue weighted by Crippen LogP contribution is -2.36. The Kier molecular flexibility index (Phi) is 3.89. The first kappa shape index (κ1) is 15.3. The molecule has 3 rings (SSSR count). The highest BCUT2D eigenvalue weighted by Crippen LogP contribution is 2.35. The SMILES string of the molecule is C[C@H](C1CC1)N(C)C(=O)c1cccc(N2CCCS2(=O)=O)c1. The Morgan fingerprint density at radius 1 is 1.36 bits per heavy atom. The van der Waals surface area contributed by atoms with E-state index in [1.165, 1.54) is 17.1 Å². The van der Waals surface area contributed by atoms with E-state index >= 15 is 0 Å². The molecular formula is C16H22N2O3S. The zero-order chi connectivity index (χ0) is 15.9. The first-order chi connectivity index (χ1) is 10.4. The molecule has 1 aromatic carbocycles. The minimum absolute atomic E-state index is 0.0437. The summed E-state index contributed by atoms with van der Waals surface area (Å²) in [5.41, 5.74) is 1.14. The molecule has 1 aliphatic carbocycles. The van der Waals surface area contributed by atoms with Crippen LogP contribution in [0.1, 0.15) is 36.5 Å². The van der Waals surface area contributed by atoms with Crippen LogP contribution in [0.3, 0.4) is 0 Å². The predicted octanol–water partition coefficient (Wildman–Crippen LogP) is 2.10. The van der Waals surface area contributed by atoms with Gasteiger partial charge in [0.2, 0.25) is 10.0 Å². The van der Waals surface area contributed by atoms with Gasteiger partial charge in [-0.25, -0.2) is 8.42 Å². The van der Waals surface area contributed by atoms with Crippen LogP contribution in [0.4, 0.5) is 5.69 Å². The molecule has 1 atom stereocenters. The zero-order valence-corrected chi connectivity index (χ0v) is 13.8. The second kappa shape index (κ2) is 5.57. The van der Waals surface area contributed by atoms with E-state index in [4.69, 9.17) is 0 Å². The summed E-state index contributed by atoms with van der Waals surface area (Å²) < 4.78 is 25.4. The second-order valence-electron chi connectivity index (χ2n) is 6.29. The van der Waals surface area contributed by atoms with Crippen molar-refractivity contribution in [2.75, 3.05) is 23.7 Å². The van der Waals surface area contributed by atoms with Gasteiger partial charge in [0.1, 0.15) is 0 Å². The number of hydrogen-bond donors (Lipinski definition) is 0. The molecule has 22 heavy (non-hydrogen) atoms. The third-order valence-electron chi connectivity index (χ3n) is 4.72. The number of rotatable bonds is 4. The third-order valence-corrected chi connectivity index (χ3v) is 6.59. The summed E-state index contributed by atoms with van der Waals surface area (Å²) in [5.74, 6) is 0.748. The number of sulfonamides is 1. The lowest BCUT2D eigenvalue weighted by Gasteiger charge is -2.25. The van der Waals surface area contributed by atoms with Gasteiger partial charge in [0.15, 0.2) is 0 Å². The molecule has 0 N–H and O–H groups in total. The molecule has 0 spiro atoms. The number of carbonyl (C=O) groups excluding carboxylic acids is 1. The van der Waals surface area contributed by atoms with Gasteiger partial charge in [-0.05, 0) is 50.3 Å². The second-order valence-corrected chi connectivity index (χ2v) is 8.30. The van der Waals surface area contributed by atoms with E-state index in [1.54, 1.807) is 29.2 Å². The van der Waals surface area contributed by atoms with Crippen molar-refractivity contribution in [1.82, 2.24) is 4.90 Å². The predicted molar refractivity (Wildman–Crippen MR) is 86.5 cm³/mol. The Morgan fingerprint density at radius 2 is 2.09 bits per heavy atom. The highest BCUT2D eigenvalue weighted by molar-refractivity contribution is 7.93. The van der Waals surface area contributed by atoms with Crippen molar-refractivity contribution in [1.29, 1.82) is 0 Å². The summed E-state index contributed by atoms with van der Waals surface area (Å²) in [5, 5.41) is 0. The maximum absolute atomic E-state index is 12.6. The van der Waals surface area contributed by atoms with Gasteiger partial charge in [-0.3, -0.25) is 9.10 Å². The van der Waals surface area contributed by atoms with Crippen molar-refractivity contribution in [3.8, 4) is 0 Å². The van der Waals surface area contributed by atoms with Crippen LogP contribution < -0.4 is 4.31 Å². The summed E-state index contributed by atoms with van der Waals surface area (Å²) in [6.45, 7) is 2.57. The molecule has 1 heterocycles. The average molecular weight is 322 g/mol. The maximum atomic E-state index is 12.6. The molecule has 1 saturated carbocycles. The summed E-state index contributed by atoms with van der Waals surface area (Å²) in [7, 11) is -1.39. The van der Waals surface area contributed by atoms with E-state index in [9.17, 15) is 13.2 Å². The van der Waals surface area contributed by atoms with Crippen LogP contribution in [0.2, 0.25) is 0 Å². The molecule has 120 valence electrons. The van der Waals surface area contributed by atoms with E-state index in [2.05, 4.69) is 6.92 Å². The molecule has 1 saturated heterocycles. The van der Waals surface area contributed by atoms with Gasteiger partial charge in [0.25, 0.3) is 5.91 Å². The van der Waals surface area contributed by atoms with E-state index in [0.29, 0.717) is 30.1 Å². The number of carbonyl (C=O) groups is 1. The van der Waals surface area contributed by atoms with E-state index in [0.717, 1.165) is 0 Å². The van der Waals surface area contributed by atoms with Crippen LogP contribution >= 0.6 is 0 Å². The number of nitrogens with zero attached hydrogens (tertiary/aromatic N) is 2. The molecule has 0 radical (unpaired) electrons. The molecule has 1 aliphatic heterocycles. The molecule has 0 bridgehead atoms. The maximum Gasteiger partial charge on any atom is 0.253 e. The lowest BCUT2D eigenvalue weighted by atomic mass is 10.1. The van der Waals surface area contributed by atoms with Crippen molar-refractivity contribution >= 4 is 21.6 Å². The van der Waals surface area contributed by atoms with Gasteiger partial charge < -0.3 is 4.90 Å². The Morgan fingerprint density at radius 3 is 2.68 bits per heavy atom. The van der Waals surface area contributed by atoms with E-state index < -0.39 is 10.0 Å². The fraction of sp³-hybridized carbons (Fsp3) is 0.562. The smallest absolute Gasteiger partial charge is 0.253 e. The van der Waals surface area contributed by atoms with Gasteiger partial charge in [-0.2, -0.15) is 0 Å². The average Bonchev–Trinajstić information content (AvgIpc) is 3.28. The summed E-state index contributed by atoms with van der Waals surface area (Å²) in [6.07, 6.45) is 3.01. The molecule has 1 amide bonds. The molecule has 5 nitrogen and oxygen atoms in total. The molecule has 6 heteroatoms. The van der Waals surface area contributed by atoms with Gasteiger partial charge in [-0.15, -0.1) is 0 Å². The van der Waals surface area contributed by atoms with Gasteiger partial charge >= 0.3 is 0 Å². The van der Waals surface area contributed by atoms with Gasteiger partial charge in [0, 0.05) is 25.2 Å². The summed E-state index contributed by atoms with van der Waals surface area (Å²) >= 11 is 0. The summed E-state index contributed by atoms with van der Waals surface area (Å²) in [4.78, 5) is 14.4. The number of anilines is 1. The fourth-order valence-electron chi connectivity index (χ4n) is 3.01. The standard InChI is InChI=1S/C16H22N2O3S/c1-12(13-7-8-13)17(2)16(19)14-5-3-6-15(11-14)18-9-4-10-22(18,20)21/h3,5-6,11-13H,4,7-10H2,1-2H3/t12-/m1/s1. The van der Waals surface area contributed by atoms with Crippen LogP contribution in [-0.2, 0) is 10.0 Å². The molecule has 0 unspecified atom stereocenters.